The lowest BCUT2D eigenvalue weighted by Gasteiger charge is -2.43. The molecule has 0 aromatic heterocycles. The van der Waals surface area contributed by atoms with Crippen LogP contribution in [0.25, 0.3) is 0 Å². The summed E-state index contributed by atoms with van der Waals surface area (Å²) < 4.78 is 11.8. The highest BCUT2D eigenvalue weighted by Crippen LogP contribution is 2.52. The van der Waals surface area contributed by atoms with Crippen LogP contribution in [0.4, 0.5) is 0 Å². The van der Waals surface area contributed by atoms with Crippen LogP contribution in [0.15, 0.2) is 23.7 Å². The Kier molecular flexibility index (Phi) is 6.61. The minimum absolute atomic E-state index is 0.0573. The predicted molar refractivity (Wildman–Crippen MR) is 104 cm³/mol. The quantitative estimate of drug-likeness (QED) is 0.665. The van der Waals surface area contributed by atoms with Crippen molar-refractivity contribution in [2.45, 2.75) is 40.0 Å². The molecule has 1 aliphatic carbocycles. The number of methoxy groups -OCH3 is 2. The smallest absolute Gasteiger partial charge is 0.106 e. The third kappa shape index (κ3) is 4.06. The molecule has 1 saturated heterocycles. The molecule has 25 heavy (non-hydrogen) atoms. The first kappa shape index (κ1) is 20.3. The molecule has 144 valence electrons. The summed E-state index contributed by atoms with van der Waals surface area (Å²) >= 11 is 0. The fourth-order valence-electron chi connectivity index (χ4n) is 4.40. The molecule has 1 aliphatic heterocycles. The maximum atomic E-state index is 5.91. The minimum atomic E-state index is -0.165. The Labute approximate surface area is 154 Å². The SMILES string of the molecule is CCC(C)C1(C)C(OC)=CC2(C=C1OC)CCN(CCCN(C)C)C2. The van der Waals surface area contributed by atoms with Crippen molar-refractivity contribution in [3.05, 3.63) is 23.7 Å². The van der Waals surface area contributed by atoms with Crippen molar-refractivity contribution in [2.24, 2.45) is 16.7 Å². The average molecular weight is 351 g/mol. The highest BCUT2D eigenvalue weighted by Gasteiger charge is 2.48. The first-order chi connectivity index (χ1) is 11.8. The molecule has 1 spiro atoms. The van der Waals surface area contributed by atoms with E-state index in [1.54, 1.807) is 0 Å². The van der Waals surface area contributed by atoms with Crippen LogP contribution in [0.2, 0.25) is 0 Å². The first-order valence-electron chi connectivity index (χ1n) is 9.73. The number of hydrogen-bond acceptors (Lipinski definition) is 4. The number of likely N-dealkylation sites (tertiary alicyclic amines) is 1. The molecular formula is C21H38N2O2. The lowest BCUT2D eigenvalue weighted by atomic mass is 9.66. The van der Waals surface area contributed by atoms with Crippen molar-refractivity contribution >= 4 is 0 Å². The van der Waals surface area contributed by atoms with Crippen LogP contribution in [0.3, 0.4) is 0 Å². The van der Waals surface area contributed by atoms with Gasteiger partial charge < -0.3 is 19.3 Å². The predicted octanol–water partition coefficient (Wildman–Crippen LogP) is 3.76. The molecule has 0 amide bonds. The van der Waals surface area contributed by atoms with E-state index in [2.05, 4.69) is 56.8 Å². The van der Waals surface area contributed by atoms with E-state index >= 15 is 0 Å². The minimum Gasteiger partial charge on any atom is -0.500 e. The summed E-state index contributed by atoms with van der Waals surface area (Å²) in [4.78, 5) is 4.85. The van der Waals surface area contributed by atoms with Crippen molar-refractivity contribution in [1.82, 2.24) is 9.80 Å². The first-order valence-corrected chi connectivity index (χ1v) is 9.73. The van der Waals surface area contributed by atoms with Crippen molar-refractivity contribution in [1.29, 1.82) is 0 Å². The molecule has 2 aliphatic rings. The van der Waals surface area contributed by atoms with Gasteiger partial charge in [0, 0.05) is 12.0 Å². The number of hydrogen-bond donors (Lipinski definition) is 0. The zero-order valence-corrected chi connectivity index (χ0v) is 17.4. The second-order valence-corrected chi connectivity index (χ2v) is 8.35. The molecule has 0 radical (unpaired) electrons. The van der Waals surface area contributed by atoms with Gasteiger partial charge in [-0.1, -0.05) is 20.3 Å². The summed E-state index contributed by atoms with van der Waals surface area (Å²) in [5.74, 6) is 2.63. The maximum absolute atomic E-state index is 5.91. The van der Waals surface area contributed by atoms with Crippen molar-refractivity contribution in [2.75, 3.05) is 54.5 Å². The largest absolute Gasteiger partial charge is 0.500 e. The topological polar surface area (TPSA) is 24.9 Å². The fraction of sp³-hybridized carbons (Fsp3) is 0.810. The van der Waals surface area contributed by atoms with E-state index in [0.29, 0.717) is 5.92 Å². The lowest BCUT2D eigenvalue weighted by molar-refractivity contribution is 0.0807. The van der Waals surface area contributed by atoms with Gasteiger partial charge in [-0.05, 0) is 71.6 Å². The number of ether oxygens (including phenoxy) is 2. The molecule has 4 heteroatoms. The third-order valence-electron chi connectivity index (χ3n) is 6.39. The zero-order chi connectivity index (χ0) is 18.7. The van der Waals surface area contributed by atoms with E-state index in [0.717, 1.165) is 50.5 Å². The Morgan fingerprint density at radius 3 is 2.28 bits per heavy atom. The molecular weight excluding hydrogens is 312 g/mol. The lowest BCUT2D eigenvalue weighted by Crippen LogP contribution is -2.38. The van der Waals surface area contributed by atoms with Gasteiger partial charge in [0.2, 0.25) is 0 Å². The summed E-state index contributed by atoms with van der Waals surface area (Å²) in [6.45, 7) is 11.3. The monoisotopic (exact) mass is 350 g/mol. The highest BCUT2D eigenvalue weighted by molar-refractivity contribution is 5.35. The average Bonchev–Trinajstić information content (AvgIpc) is 2.98. The van der Waals surface area contributed by atoms with Gasteiger partial charge in [0.1, 0.15) is 11.5 Å². The summed E-state index contributed by atoms with van der Waals surface area (Å²) in [5, 5.41) is 0. The molecule has 0 saturated carbocycles. The van der Waals surface area contributed by atoms with Gasteiger partial charge in [0.05, 0.1) is 19.6 Å². The van der Waals surface area contributed by atoms with E-state index in [-0.39, 0.29) is 10.8 Å². The van der Waals surface area contributed by atoms with Gasteiger partial charge in [-0.2, -0.15) is 0 Å². The summed E-state index contributed by atoms with van der Waals surface area (Å²) in [6, 6.07) is 0. The van der Waals surface area contributed by atoms with Crippen molar-refractivity contribution in [3.63, 3.8) is 0 Å². The Morgan fingerprint density at radius 2 is 1.80 bits per heavy atom. The Bertz CT molecular complexity index is 488. The fourth-order valence-corrected chi connectivity index (χ4v) is 4.40. The molecule has 1 heterocycles. The Hall–Kier alpha value is -1.00. The number of rotatable bonds is 8. The second-order valence-electron chi connectivity index (χ2n) is 8.35. The molecule has 0 N–H and O–H groups in total. The number of nitrogens with zero attached hydrogens (tertiary/aromatic N) is 2. The second kappa shape index (κ2) is 8.13. The van der Waals surface area contributed by atoms with Crippen molar-refractivity contribution < 1.29 is 9.47 Å². The van der Waals surface area contributed by atoms with Crippen LogP contribution >= 0.6 is 0 Å². The molecule has 4 nitrogen and oxygen atoms in total. The van der Waals surface area contributed by atoms with Gasteiger partial charge in [-0.25, -0.2) is 0 Å². The van der Waals surface area contributed by atoms with Gasteiger partial charge in [0.15, 0.2) is 0 Å². The normalized spacial score (nSPS) is 31.2. The van der Waals surface area contributed by atoms with Crippen LogP contribution < -0.4 is 0 Å². The highest BCUT2D eigenvalue weighted by atomic mass is 16.5. The van der Waals surface area contributed by atoms with E-state index in [4.69, 9.17) is 9.47 Å². The third-order valence-corrected chi connectivity index (χ3v) is 6.39. The Morgan fingerprint density at radius 1 is 1.20 bits per heavy atom. The molecule has 0 aromatic carbocycles. The van der Waals surface area contributed by atoms with E-state index in [9.17, 15) is 0 Å². The Balaban J connectivity index is 2.20. The van der Waals surface area contributed by atoms with Gasteiger partial charge >= 0.3 is 0 Å². The van der Waals surface area contributed by atoms with Crippen molar-refractivity contribution in [3.8, 4) is 0 Å². The van der Waals surface area contributed by atoms with Crippen LogP contribution in [0, 0.1) is 16.7 Å². The molecule has 1 atom stereocenters. The summed E-state index contributed by atoms with van der Waals surface area (Å²) in [7, 11) is 7.90. The van der Waals surface area contributed by atoms with Crippen LogP contribution in [0.1, 0.15) is 40.0 Å². The molecule has 0 bridgehead atoms. The van der Waals surface area contributed by atoms with Crippen LogP contribution in [0.5, 0.6) is 0 Å². The van der Waals surface area contributed by atoms with Crippen LogP contribution in [-0.2, 0) is 9.47 Å². The van der Waals surface area contributed by atoms with Gasteiger partial charge in [-0.3, -0.25) is 0 Å². The molecule has 0 aromatic rings. The van der Waals surface area contributed by atoms with E-state index in [1.807, 2.05) is 14.2 Å². The molecule has 2 rings (SSSR count). The van der Waals surface area contributed by atoms with E-state index < -0.39 is 0 Å². The standard InChI is InChI=1S/C21H38N2O2/c1-8-17(2)20(3)18(24-6)14-21(15-19(20)25-7)10-13-23(16-21)12-9-11-22(4)5/h14-15,17H,8-13,16H2,1-7H3. The molecule has 1 fully saturated rings. The van der Waals surface area contributed by atoms with E-state index in [1.165, 1.54) is 6.42 Å². The summed E-state index contributed by atoms with van der Waals surface area (Å²) in [5.41, 5.74) is -0.108. The van der Waals surface area contributed by atoms with Crippen LogP contribution in [-0.4, -0.2) is 64.3 Å². The zero-order valence-electron chi connectivity index (χ0n) is 17.4. The molecule has 1 unspecified atom stereocenters. The van der Waals surface area contributed by atoms with Gasteiger partial charge in [-0.15, -0.1) is 0 Å². The maximum Gasteiger partial charge on any atom is 0.106 e. The van der Waals surface area contributed by atoms with Gasteiger partial charge in [0.25, 0.3) is 0 Å². The summed E-state index contributed by atoms with van der Waals surface area (Å²) in [6.07, 6.45) is 8.25.